The number of rotatable bonds is 6. The summed E-state index contributed by atoms with van der Waals surface area (Å²) in [6.45, 7) is 7.26. The average Bonchev–Trinajstić information content (AvgIpc) is 2.98. The SMILES string of the molecule is CCCC(c1cccs1)N1CCC(NC(C)C)C1=O. The standard InChI is InChI=1S/C15H24N2OS/c1-4-6-13(14-7-5-10-19-14)17-9-8-12(15(17)18)16-11(2)3/h5,7,10-13,16H,4,6,8-9H2,1-3H3. The zero-order valence-corrected chi connectivity index (χ0v) is 12.9. The topological polar surface area (TPSA) is 32.3 Å². The van der Waals surface area contributed by atoms with Crippen LogP contribution in [0.2, 0.25) is 0 Å². The lowest BCUT2D eigenvalue weighted by Gasteiger charge is -2.27. The van der Waals surface area contributed by atoms with E-state index >= 15 is 0 Å². The molecule has 1 aromatic rings. The van der Waals surface area contributed by atoms with Gasteiger partial charge in [0.25, 0.3) is 0 Å². The molecule has 1 aromatic heterocycles. The van der Waals surface area contributed by atoms with Crippen LogP contribution < -0.4 is 5.32 Å². The number of carbonyl (C=O) groups is 1. The Bertz CT molecular complexity index is 402. The molecule has 1 saturated heterocycles. The highest BCUT2D eigenvalue weighted by Crippen LogP contribution is 2.32. The van der Waals surface area contributed by atoms with Gasteiger partial charge in [0.05, 0.1) is 12.1 Å². The van der Waals surface area contributed by atoms with Gasteiger partial charge in [-0.2, -0.15) is 0 Å². The summed E-state index contributed by atoms with van der Waals surface area (Å²) >= 11 is 1.76. The molecule has 0 saturated carbocycles. The summed E-state index contributed by atoms with van der Waals surface area (Å²) in [6, 6.07) is 4.88. The maximum Gasteiger partial charge on any atom is 0.240 e. The van der Waals surface area contributed by atoms with Crippen LogP contribution in [-0.2, 0) is 4.79 Å². The number of nitrogens with one attached hydrogen (secondary N) is 1. The molecule has 19 heavy (non-hydrogen) atoms. The van der Waals surface area contributed by atoms with Gasteiger partial charge in [0.15, 0.2) is 0 Å². The van der Waals surface area contributed by atoms with Gasteiger partial charge < -0.3 is 10.2 Å². The molecule has 3 nitrogen and oxygen atoms in total. The molecule has 2 heterocycles. The number of amides is 1. The Balaban J connectivity index is 2.09. The van der Waals surface area contributed by atoms with E-state index in [2.05, 4.69) is 48.5 Å². The Hall–Kier alpha value is -0.870. The molecule has 0 bridgehead atoms. The van der Waals surface area contributed by atoms with Crippen molar-refractivity contribution in [1.82, 2.24) is 10.2 Å². The summed E-state index contributed by atoms with van der Waals surface area (Å²) in [5.74, 6) is 0.278. The molecule has 0 spiro atoms. The van der Waals surface area contributed by atoms with Gasteiger partial charge in [-0.25, -0.2) is 0 Å². The highest BCUT2D eigenvalue weighted by Gasteiger charge is 2.36. The number of likely N-dealkylation sites (tertiary alicyclic amines) is 1. The third-order valence-corrected chi connectivity index (χ3v) is 4.56. The van der Waals surface area contributed by atoms with Crippen LogP contribution >= 0.6 is 11.3 Å². The molecule has 4 heteroatoms. The van der Waals surface area contributed by atoms with E-state index in [4.69, 9.17) is 0 Å². The fourth-order valence-corrected chi connectivity index (χ4v) is 3.65. The van der Waals surface area contributed by atoms with Crippen LogP contribution in [0, 0.1) is 0 Å². The van der Waals surface area contributed by atoms with Crippen molar-refractivity contribution in [2.24, 2.45) is 0 Å². The highest BCUT2D eigenvalue weighted by molar-refractivity contribution is 7.10. The first kappa shape index (κ1) is 14.5. The van der Waals surface area contributed by atoms with Gasteiger partial charge >= 0.3 is 0 Å². The lowest BCUT2D eigenvalue weighted by molar-refractivity contribution is -0.131. The maximum atomic E-state index is 12.5. The second-order valence-electron chi connectivity index (χ2n) is 5.51. The first-order valence-electron chi connectivity index (χ1n) is 7.23. The van der Waals surface area contributed by atoms with Gasteiger partial charge in [-0.3, -0.25) is 4.79 Å². The molecule has 1 N–H and O–H groups in total. The lowest BCUT2D eigenvalue weighted by atomic mass is 10.1. The lowest BCUT2D eigenvalue weighted by Crippen LogP contribution is -2.42. The summed E-state index contributed by atoms with van der Waals surface area (Å²) in [7, 11) is 0. The molecular weight excluding hydrogens is 256 g/mol. The highest BCUT2D eigenvalue weighted by atomic mass is 32.1. The molecule has 0 aromatic carbocycles. The average molecular weight is 280 g/mol. The largest absolute Gasteiger partial charge is 0.333 e. The number of thiophene rings is 1. The van der Waals surface area contributed by atoms with Gasteiger partial charge in [0.1, 0.15) is 0 Å². The Morgan fingerprint density at radius 3 is 2.89 bits per heavy atom. The van der Waals surface area contributed by atoms with Crippen LogP contribution in [0.3, 0.4) is 0 Å². The van der Waals surface area contributed by atoms with E-state index in [1.54, 1.807) is 11.3 Å². The minimum atomic E-state index is 0.0133. The molecule has 1 amide bonds. The van der Waals surface area contributed by atoms with Crippen LogP contribution in [0.4, 0.5) is 0 Å². The van der Waals surface area contributed by atoms with E-state index in [0.29, 0.717) is 6.04 Å². The van der Waals surface area contributed by atoms with Crippen LogP contribution in [0.5, 0.6) is 0 Å². The summed E-state index contributed by atoms with van der Waals surface area (Å²) < 4.78 is 0. The molecule has 0 aliphatic carbocycles. The Morgan fingerprint density at radius 2 is 2.32 bits per heavy atom. The summed E-state index contributed by atoms with van der Waals surface area (Å²) in [5, 5.41) is 5.48. The summed E-state index contributed by atoms with van der Waals surface area (Å²) in [5.41, 5.74) is 0. The van der Waals surface area contributed by atoms with Crippen LogP contribution in [0.25, 0.3) is 0 Å². The fourth-order valence-electron chi connectivity index (χ4n) is 2.77. The Kier molecular flexibility index (Phi) is 4.99. The zero-order chi connectivity index (χ0) is 13.8. The number of hydrogen-bond donors (Lipinski definition) is 1. The minimum Gasteiger partial charge on any atom is -0.333 e. The molecule has 106 valence electrons. The first-order chi connectivity index (χ1) is 9.13. The molecule has 2 rings (SSSR count). The van der Waals surface area contributed by atoms with E-state index in [-0.39, 0.29) is 18.0 Å². The monoisotopic (exact) mass is 280 g/mol. The van der Waals surface area contributed by atoms with Crippen molar-refractivity contribution in [2.75, 3.05) is 6.54 Å². The van der Waals surface area contributed by atoms with Crippen molar-refractivity contribution in [3.05, 3.63) is 22.4 Å². The van der Waals surface area contributed by atoms with Gasteiger partial charge in [-0.05, 0) is 24.3 Å². The molecule has 0 radical (unpaired) electrons. The number of nitrogens with zero attached hydrogens (tertiary/aromatic N) is 1. The molecule has 1 aliphatic heterocycles. The second kappa shape index (κ2) is 6.53. The molecule has 1 fully saturated rings. The van der Waals surface area contributed by atoms with Gasteiger partial charge in [0, 0.05) is 17.5 Å². The van der Waals surface area contributed by atoms with Gasteiger partial charge in [-0.15, -0.1) is 11.3 Å². The van der Waals surface area contributed by atoms with Crippen molar-refractivity contribution in [1.29, 1.82) is 0 Å². The summed E-state index contributed by atoms with van der Waals surface area (Å²) in [4.78, 5) is 15.9. The van der Waals surface area contributed by atoms with Crippen LogP contribution in [0.15, 0.2) is 17.5 Å². The molecule has 1 aliphatic rings. The first-order valence-corrected chi connectivity index (χ1v) is 8.11. The quantitative estimate of drug-likeness (QED) is 0.868. The fraction of sp³-hybridized carbons (Fsp3) is 0.667. The molecular formula is C15H24N2OS. The predicted octanol–water partition coefficient (Wildman–Crippen LogP) is 3.19. The van der Waals surface area contributed by atoms with E-state index in [0.717, 1.165) is 25.8 Å². The van der Waals surface area contributed by atoms with E-state index in [1.807, 2.05) is 0 Å². The molecule has 2 atom stereocenters. The van der Waals surface area contributed by atoms with E-state index < -0.39 is 0 Å². The summed E-state index contributed by atoms with van der Waals surface area (Å²) in [6.07, 6.45) is 3.10. The third kappa shape index (κ3) is 3.37. The van der Waals surface area contributed by atoms with Crippen molar-refractivity contribution in [2.45, 2.75) is 58.2 Å². The zero-order valence-electron chi connectivity index (χ0n) is 12.1. The van der Waals surface area contributed by atoms with Gasteiger partial charge in [-0.1, -0.05) is 33.3 Å². The third-order valence-electron chi connectivity index (χ3n) is 3.58. The van der Waals surface area contributed by atoms with Crippen LogP contribution in [0.1, 0.15) is 51.0 Å². The van der Waals surface area contributed by atoms with Crippen LogP contribution in [-0.4, -0.2) is 29.4 Å². The predicted molar refractivity (Wildman–Crippen MR) is 80.4 cm³/mol. The van der Waals surface area contributed by atoms with Crippen molar-refractivity contribution in [3.63, 3.8) is 0 Å². The maximum absolute atomic E-state index is 12.5. The number of carbonyl (C=O) groups excluding carboxylic acids is 1. The Labute approximate surface area is 120 Å². The minimum absolute atomic E-state index is 0.0133. The number of hydrogen-bond acceptors (Lipinski definition) is 3. The van der Waals surface area contributed by atoms with E-state index in [9.17, 15) is 4.79 Å². The second-order valence-corrected chi connectivity index (χ2v) is 6.49. The van der Waals surface area contributed by atoms with Crippen molar-refractivity contribution >= 4 is 17.2 Å². The van der Waals surface area contributed by atoms with Crippen molar-refractivity contribution in [3.8, 4) is 0 Å². The normalized spacial score (nSPS) is 21.4. The van der Waals surface area contributed by atoms with Crippen molar-refractivity contribution < 1.29 is 4.79 Å². The molecule has 2 unspecified atom stereocenters. The van der Waals surface area contributed by atoms with E-state index in [1.165, 1.54) is 4.88 Å². The van der Waals surface area contributed by atoms with Gasteiger partial charge in [0.2, 0.25) is 5.91 Å². The smallest absolute Gasteiger partial charge is 0.240 e. The Morgan fingerprint density at radius 1 is 1.53 bits per heavy atom.